The maximum Gasteiger partial charge on any atom is 0.235 e. The molecule has 5 nitrogen and oxygen atoms in total. The summed E-state index contributed by atoms with van der Waals surface area (Å²) in [6.45, 7) is 0. The molecule has 0 saturated carbocycles. The monoisotopic (exact) mass is 227 g/mol. The minimum Gasteiger partial charge on any atom is -0.396 e. The van der Waals surface area contributed by atoms with Gasteiger partial charge in [-0.05, 0) is 6.07 Å². The number of anilines is 1. The first kappa shape index (κ1) is 11.6. The van der Waals surface area contributed by atoms with Gasteiger partial charge in [-0.15, -0.1) is 0 Å². The lowest BCUT2D eigenvalue weighted by Gasteiger charge is -2.10. The summed E-state index contributed by atoms with van der Waals surface area (Å²) in [7, 11) is 1.84. The van der Waals surface area contributed by atoms with Crippen LogP contribution in [0.1, 0.15) is 0 Å². The van der Waals surface area contributed by atoms with Crippen molar-refractivity contribution in [2.75, 3.05) is 25.6 Å². The molecule has 1 aromatic heterocycles. The van der Waals surface area contributed by atoms with E-state index in [0.717, 1.165) is 0 Å². The zero-order chi connectivity index (χ0) is 11.4. The summed E-state index contributed by atoms with van der Waals surface area (Å²) in [4.78, 5) is 17.0. The van der Waals surface area contributed by atoms with Gasteiger partial charge in [0.15, 0.2) is 0 Å². The second-order valence-electron chi connectivity index (χ2n) is 3.19. The van der Waals surface area contributed by atoms with Crippen LogP contribution in [0.4, 0.5) is 5.69 Å². The van der Waals surface area contributed by atoms with Gasteiger partial charge in [-0.1, -0.05) is 0 Å². The highest BCUT2D eigenvalue weighted by molar-refractivity contribution is 7.86. The van der Waals surface area contributed by atoms with Gasteiger partial charge in [-0.25, -0.2) is 0 Å². The van der Waals surface area contributed by atoms with E-state index in [0.29, 0.717) is 10.6 Å². The van der Waals surface area contributed by atoms with E-state index in [2.05, 4.69) is 4.98 Å². The summed E-state index contributed by atoms with van der Waals surface area (Å²) in [5, 5.41) is 0. The Kier molecular flexibility index (Phi) is 3.79. The van der Waals surface area contributed by atoms with E-state index in [1.807, 2.05) is 0 Å². The summed E-state index contributed by atoms with van der Waals surface area (Å²) in [5.41, 5.74) is 5.94. The van der Waals surface area contributed by atoms with Crippen molar-refractivity contribution < 1.29 is 9.00 Å². The molecule has 15 heavy (non-hydrogen) atoms. The molecule has 1 heterocycles. The number of rotatable bonds is 3. The molecule has 0 aliphatic heterocycles. The van der Waals surface area contributed by atoms with E-state index in [9.17, 15) is 9.00 Å². The molecule has 0 saturated heterocycles. The number of pyridine rings is 1. The molecule has 0 radical (unpaired) electrons. The van der Waals surface area contributed by atoms with E-state index in [1.165, 1.54) is 17.3 Å². The van der Waals surface area contributed by atoms with Gasteiger partial charge >= 0.3 is 0 Å². The number of nitrogens with zero attached hydrogens (tertiary/aromatic N) is 2. The zero-order valence-corrected chi connectivity index (χ0v) is 9.45. The van der Waals surface area contributed by atoms with Crippen LogP contribution in [0, 0.1) is 0 Å². The number of amides is 1. The number of hydrogen-bond acceptors (Lipinski definition) is 4. The van der Waals surface area contributed by atoms with Crippen LogP contribution in [0.25, 0.3) is 0 Å². The molecule has 82 valence electrons. The molecule has 2 N–H and O–H groups in total. The minimum atomic E-state index is -1.40. The third-order valence-electron chi connectivity index (χ3n) is 1.81. The number of aromatic nitrogens is 1. The third-order valence-corrected chi connectivity index (χ3v) is 3.18. The summed E-state index contributed by atoms with van der Waals surface area (Å²) in [5.74, 6) is -0.245. The molecule has 0 aliphatic carbocycles. The van der Waals surface area contributed by atoms with Crippen molar-refractivity contribution in [3.05, 3.63) is 18.5 Å². The Morgan fingerprint density at radius 1 is 1.60 bits per heavy atom. The van der Waals surface area contributed by atoms with Gasteiger partial charge in [0.1, 0.15) is 5.75 Å². The molecule has 1 atom stereocenters. The average molecular weight is 227 g/mol. The van der Waals surface area contributed by atoms with Gasteiger partial charge in [0.05, 0.1) is 27.6 Å². The normalized spacial score (nSPS) is 12.1. The highest BCUT2D eigenvalue weighted by Crippen LogP contribution is 2.14. The smallest absolute Gasteiger partial charge is 0.235 e. The maximum atomic E-state index is 11.7. The number of carbonyl (C=O) groups is 1. The largest absolute Gasteiger partial charge is 0.396 e. The molecule has 0 spiro atoms. The average Bonchev–Trinajstić information content (AvgIpc) is 2.18. The van der Waals surface area contributed by atoms with Crippen LogP contribution < -0.4 is 5.73 Å². The Morgan fingerprint density at radius 3 is 2.80 bits per heavy atom. The Hall–Kier alpha value is -1.43. The standard InChI is InChI=1S/C9H13N3O2S/c1-12(2)9(13)6-15(14)8-3-4-11-5-7(8)10/h3-5H,6,10H2,1-2H3. The number of carbonyl (C=O) groups excluding carboxylic acids is 1. The first-order valence-corrected chi connectivity index (χ1v) is 5.62. The van der Waals surface area contributed by atoms with Gasteiger partial charge in [-0.3, -0.25) is 14.0 Å². The SMILES string of the molecule is CN(C)C(=O)CS(=O)c1ccncc1N. The van der Waals surface area contributed by atoms with Gasteiger partial charge in [0, 0.05) is 20.3 Å². The van der Waals surface area contributed by atoms with Gasteiger partial charge in [0.25, 0.3) is 0 Å². The Morgan fingerprint density at radius 2 is 2.27 bits per heavy atom. The van der Waals surface area contributed by atoms with Gasteiger partial charge in [0.2, 0.25) is 5.91 Å². The van der Waals surface area contributed by atoms with Crippen LogP contribution in [0.5, 0.6) is 0 Å². The molecule has 1 unspecified atom stereocenters. The minimum absolute atomic E-state index is 0.0544. The lowest BCUT2D eigenvalue weighted by Crippen LogP contribution is -2.27. The van der Waals surface area contributed by atoms with Crippen LogP contribution >= 0.6 is 0 Å². The van der Waals surface area contributed by atoms with Crippen LogP contribution in [-0.2, 0) is 15.6 Å². The maximum absolute atomic E-state index is 11.7. The van der Waals surface area contributed by atoms with Crippen molar-refractivity contribution in [2.24, 2.45) is 0 Å². The fourth-order valence-corrected chi connectivity index (χ4v) is 2.09. The molecule has 0 bridgehead atoms. The fraction of sp³-hybridized carbons (Fsp3) is 0.333. The third kappa shape index (κ3) is 3.02. The molecular formula is C9H13N3O2S. The molecule has 1 aromatic rings. The van der Waals surface area contributed by atoms with E-state index >= 15 is 0 Å². The van der Waals surface area contributed by atoms with Gasteiger partial charge in [-0.2, -0.15) is 0 Å². The molecule has 1 amide bonds. The lowest BCUT2D eigenvalue weighted by molar-refractivity contribution is -0.125. The summed E-state index contributed by atoms with van der Waals surface area (Å²) >= 11 is 0. The number of nitrogens with two attached hydrogens (primary N) is 1. The zero-order valence-electron chi connectivity index (χ0n) is 8.64. The van der Waals surface area contributed by atoms with E-state index in [4.69, 9.17) is 5.73 Å². The predicted octanol–water partition coefficient (Wildman–Crippen LogP) is -0.140. The molecule has 6 heteroatoms. The quantitative estimate of drug-likeness (QED) is 0.779. The van der Waals surface area contributed by atoms with E-state index in [1.54, 1.807) is 20.2 Å². The van der Waals surface area contributed by atoms with Crippen molar-refractivity contribution in [2.45, 2.75) is 4.90 Å². The number of nitrogen functional groups attached to an aromatic ring is 1. The first-order valence-electron chi connectivity index (χ1n) is 4.30. The summed E-state index contributed by atoms with van der Waals surface area (Å²) in [6.07, 6.45) is 2.93. The lowest BCUT2D eigenvalue weighted by atomic mass is 10.4. The Labute approximate surface area is 90.7 Å². The Balaban J connectivity index is 2.79. The second kappa shape index (κ2) is 4.88. The molecule has 0 fully saturated rings. The van der Waals surface area contributed by atoms with Crippen molar-refractivity contribution in [3.63, 3.8) is 0 Å². The second-order valence-corrected chi connectivity index (χ2v) is 4.61. The van der Waals surface area contributed by atoms with Crippen LogP contribution in [0.2, 0.25) is 0 Å². The predicted molar refractivity (Wildman–Crippen MR) is 58.6 cm³/mol. The van der Waals surface area contributed by atoms with Crippen LogP contribution in [0.3, 0.4) is 0 Å². The van der Waals surface area contributed by atoms with Crippen LogP contribution in [0.15, 0.2) is 23.4 Å². The molecule has 0 aliphatic rings. The van der Waals surface area contributed by atoms with E-state index in [-0.39, 0.29) is 11.7 Å². The highest BCUT2D eigenvalue weighted by Gasteiger charge is 2.13. The number of hydrogen-bond donors (Lipinski definition) is 1. The van der Waals surface area contributed by atoms with Crippen molar-refractivity contribution in [1.82, 2.24) is 9.88 Å². The molecular weight excluding hydrogens is 214 g/mol. The van der Waals surface area contributed by atoms with Gasteiger partial charge < -0.3 is 10.6 Å². The van der Waals surface area contributed by atoms with E-state index < -0.39 is 10.8 Å². The first-order chi connectivity index (χ1) is 7.02. The highest BCUT2D eigenvalue weighted by atomic mass is 32.2. The summed E-state index contributed by atoms with van der Waals surface area (Å²) in [6, 6.07) is 1.56. The van der Waals surface area contributed by atoms with Crippen molar-refractivity contribution >= 4 is 22.4 Å². The van der Waals surface area contributed by atoms with Crippen LogP contribution in [-0.4, -0.2) is 39.8 Å². The fourth-order valence-electron chi connectivity index (χ4n) is 0.920. The summed E-state index contributed by atoms with van der Waals surface area (Å²) < 4.78 is 11.7. The Bertz CT molecular complexity index is 393. The molecule has 1 rings (SSSR count). The topological polar surface area (TPSA) is 76.3 Å². The van der Waals surface area contributed by atoms with Crippen molar-refractivity contribution in [1.29, 1.82) is 0 Å². The molecule has 0 aromatic carbocycles. The van der Waals surface area contributed by atoms with Crippen molar-refractivity contribution in [3.8, 4) is 0 Å².